The van der Waals surface area contributed by atoms with Gasteiger partial charge in [-0.3, -0.25) is 14.3 Å². The zero-order chi connectivity index (χ0) is 19.1. The van der Waals surface area contributed by atoms with E-state index < -0.39 is 0 Å². The lowest BCUT2D eigenvalue weighted by molar-refractivity contribution is -0.134. The lowest BCUT2D eigenvalue weighted by Gasteiger charge is -2.33. The Morgan fingerprint density at radius 3 is 2.77 bits per heavy atom. The fourth-order valence-electron chi connectivity index (χ4n) is 3.82. The summed E-state index contributed by atoms with van der Waals surface area (Å²) >= 11 is 6.28. The van der Waals surface area contributed by atoms with Crippen molar-refractivity contribution in [2.45, 2.75) is 65.5 Å². The van der Waals surface area contributed by atoms with Crippen molar-refractivity contribution in [3.05, 3.63) is 16.9 Å². The van der Waals surface area contributed by atoms with Crippen molar-refractivity contribution in [1.82, 2.24) is 20.0 Å². The van der Waals surface area contributed by atoms with Crippen molar-refractivity contribution >= 4 is 23.4 Å². The highest BCUT2D eigenvalue weighted by atomic mass is 35.5. The van der Waals surface area contributed by atoms with Crippen molar-refractivity contribution in [2.24, 2.45) is 11.3 Å². The third-order valence-electron chi connectivity index (χ3n) is 5.99. The van der Waals surface area contributed by atoms with Gasteiger partial charge in [-0.05, 0) is 44.9 Å². The molecule has 26 heavy (non-hydrogen) atoms. The molecule has 1 saturated heterocycles. The number of nitrogens with zero attached hydrogens (tertiary/aromatic N) is 3. The van der Waals surface area contributed by atoms with E-state index in [1.165, 1.54) is 6.20 Å². The van der Waals surface area contributed by atoms with Gasteiger partial charge in [0.1, 0.15) is 5.15 Å². The summed E-state index contributed by atoms with van der Waals surface area (Å²) in [6.07, 6.45) is 5.32. The van der Waals surface area contributed by atoms with Gasteiger partial charge >= 0.3 is 0 Å². The maximum absolute atomic E-state index is 12.7. The van der Waals surface area contributed by atoms with E-state index in [-0.39, 0.29) is 35.2 Å². The Morgan fingerprint density at radius 2 is 2.19 bits per heavy atom. The number of nitrogens with one attached hydrogen (secondary N) is 1. The summed E-state index contributed by atoms with van der Waals surface area (Å²) in [6, 6.07) is 0.0589. The Labute approximate surface area is 160 Å². The number of aromatic nitrogens is 2. The molecule has 0 spiro atoms. The van der Waals surface area contributed by atoms with Crippen LogP contribution >= 0.6 is 11.6 Å². The molecule has 2 heterocycles. The van der Waals surface area contributed by atoms with E-state index in [0.29, 0.717) is 17.3 Å². The first kappa shape index (κ1) is 19.2. The molecule has 1 N–H and O–H groups in total. The first-order valence-electron chi connectivity index (χ1n) is 9.59. The molecule has 6 nitrogen and oxygen atoms in total. The van der Waals surface area contributed by atoms with Crippen LogP contribution in [0.25, 0.3) is 0 Å². The number of amides is 2. The third kappa shape index (κ3) is 3.61. The van der Waals surface area contributed by atoms with E-state index in [0.717, 1.165) is 32.2 Å². The van der Waals surface area contributed by atoms with Crippen molar-refractivity contribution in [2.75, 3.05) is 13.1 Å². The van der Waals surface area contributed by atoms with Gasteiger partial charge in [-0.15, -0.1) is 0 Å². The fraction of sp³-hybridized carbons (Fsp3) is 0.737. The molecule has 1 aliphatic carbocycles. The number of carbonyl (C=O) groups is 2. The molecular weight excluding hydrogens is 352 g/mol. The molecule has 2 aliphatic rings. The van der Waals surface area contributed by atoms with Crippen LogP contribution in [-0.4, -0.2) is 45.6 Å². The van der Waals surface area contributed by atoms with Gasteiger partial charge in [0.2, 0.25) is 5.91 Å². The first-order chi connectivity index (χ1) is 12.3. The van der Waals surface area contributed by atoms with Crippen LogP contribution in [0, 0.1) is 11.3 Å². The number of hydrogen-bond donors (Lipinski definition) is 1. The van der Waals surface area contributed by atoms with Crippen molar-refractivity contribution in [3.8, 4) is 0 Å². The summed E-state index contributed by atoms with van der Waals surface area (Å²) in [7, 11) is 0. The van der Waals surface area contributed by atoms with Crippen LogP contribution in [0.2, 0.25) is 5.15 Å². The van der Waals surface area contributed by atoms with Crippen LogP contribution in [-0.2, 0) is 4.79 Å². The zero-order valence-electron chi connectivity index (χ0n) is 16.1. The Balaban J connectivity index is 1.60. The van der Waals surface area contributed by atoms with E-state index in [4.69, 9.17) is 11.6 Å². The molecule has 0 bridgehead atoms. The van der Waals surface area contributed by atoms with Crippen LogP contribution in [0.1, 0.15) is 69.8 Å². The molecule has 3 rings (SSSR count). The minimum absolute atomic E-state index is 0.0368. The molecule has 144 valence electrons. The normalized spacial score (nSPS) is 28.3. The van der Waals surface area contributed by atoms with Gasteiger partial charge in [0, 0.05) is 31.1 Å². The molecule has 0 aromatic carbocycles. The highest BCUT2D eigenvalue weighted by Crippen LogP contribution is 2.55. The largest absolute Gasteiger partial charge is 0.347 e. The van der Waals surface area contributed by atoms with Gasteiger partial charge in [-0.1, -0.05) is 25.4 Å². The second kappa shape index (κ2) is 7.22. The molecule has 1 aliphatic heterocycles. The van der Waals surface area contributed by atoms with Crippen LogP contribution in [0.15, 0.2) is 6.20 Å². The maximum atomic E-state index is 12.7. The van der Waals surface area contributed by atoms with Crippen LogP contribution in [0.4, 0.5) is 0 Å². The number of carbonyl (C=O) groups excluding carboxylic acids is 2. The molecule has 0 radical (unpaired) electrons. The second-order valence-corrected chi connectivity index (χ2v) is 8.61. The Kier molecular flexibility index (Phi) is 5.33. The topological polar surface area (TPSA) is 67.2 Å². The van der Waals surface area contributed by atoms with Crippen LogP contribution in [0.3, 0.4) is 0 Å². The van der Waals surface area contributed by atoms with Gasteiger partial charge in [-0.2, -0.15) is 5.10 Å². The maximum Gasteiger partial charge on any atom is 0.256 e. The third-order valence-corrected chi connectivity index (χ3v) is 6.37. The zero-order valence-corrected chi connectivity index (χ0v) is 16.8. The molecule has 1 aromatic rings. The monoisotopic (exact) mass is 380 g/mol. The predicted molar refractivity (Wildman–Crippen MR) is 101 cm³/mol. The summed E-state index contributed by atoms with van der Waals surface area (Å²) in [5, 5.41) is 7.58. The molecule has 1 aromatic heterocycles. The summed E-state index contributed by atoms with van der Waals surface area (Å²) in [5.41, 5.74) is 0.566. The van der Waals surface area contributed by atoms with E-state index in [1.807, 2.05) is 18.7 Å². The Bertz CT molecular complexity index is 702. The molecular formula is C19H29ClN4O2. The van der Waals surface area contributed by atoms with Crippen LogP contribution in [0.5, 0.6) is 0 Å². The standard InChI is InChI=1S/C19H29ClN4O2/c1-5-19(4)9-15(19)18(26)23-8-6-7-13(11-23)22-17(25)14-10-21-24(12(2)3)16(14)20/h10,12-13,15H,5-9,11H2,1-4H3,(H,22,25)/t13-,15?,19?/m1/s1. The molecule has 7 heteroatoms. The highest BCUT2D eigenvalue weighted by Gasteiger charge is 2.54. The molecule has 2 unspecified atom stereocenters. The fourth-order valence-corrected chi connectivity index (χ4v) is 4.20. The Hall–Kier alpha value is -1.56. The van der Waals surface area contributed by atoms with Crippen molar-refractivity contribution < 1.29 is 9.59 Å². The van der Waals surface area contributed by atoms with E-state index in [9.17, 15) is 9.59 Å². The first-order valence-corrected chi connectivity index (χ1v) is 9.97. The predicted octanol–water partition coefficient (Wildman–Crippen LogP) is 3.27. The molecule has 2 fully saturated rings. The number of rotatable bonds is 5. The summed E-state index contributed by atoms with van der Waals surface area (Å²) in [4.78, 5) is 27.3. The molecule has 1 saturated carbocycles. The van der Waals surface area contributed by atoms with Crippen molar-refractivity contribution in [3.63, 3.8) is 0 Å². The van der Waals surface area contributed by atoms with Gasteiger partial charge in [0.15, 0.2) is 0 Å². The summed E-state index contributed by atoms with van der Waals surface area (Å²) in [5.74, 6) is 0.186. The summed E-state index contributed by atoms with van der Waals surface area (Å²) < 4.78 is 1.63. The second-order valence-electron chi connectivity index (χ2n) is 8.25. The van der Waals surface area contributed by atoms with Crippen molar-refractivity contribution in [1.29, 1.82) is 0 Å². The minimum Gasteiger partial charge on any atom is -0.347 e. The Morgan fingerprint density at radius 1 is 1.46 bits per heavy atom. The SMILES string of the molecule is CCC1(C)CC1C(=O)N1CCC[C@@H](NC(=O)c2cnn(C(C)C)c2Cl)C1. The van der Waals surface area contributed by atoms with Gasteiger partial charge < -0.3 is 10.2 Å². The van der Waals surface area contributed by atoms with E-state index in [1.54, 1.807) is 4.68 Å². The number of halogens is 1. The van der Waals surface area contributed by atoms with Gasteiger partial charge in [-0.25, -0.2) is 0 Å². The number of likely N-dealkylation sites (tertiary alicyclic amines) is 1. The number of piperidine rings is 1. The van der Waals surface area contributed by atoms with E-state index >= 15 is 0 Å². The average Bonchev–Trinajstić information content (AvgIpc) is 3.13. The molecule has 2 amide bonds. The lowest BCUT2D eigenvalue weighted by atomic mass is 10.0. The highest BCUT2D eigenvalue weighted by molar-refractivity contribution is 6.32. The lowest BCUT2D eigenvalue weighted by Crippen LogP contribution is -2.50. The minimum atomic E-state index is -0.217. The van der Waals surface area contributed by atoms with E-state index in [2.05, 4.69) is 24.3 Å². The quantitative estimate of drug-likeness (QED) is 0.852. The average molecular weight is 381 g/mol. The van der Waals surface area contributed by atoms with Gasteiger partial charge in [0.05, 0.1) is 11.8 Å². The number of hydrogen-bond acceptors (Lipinski definition) is 3. The van der Waals surface area contributed by atoms with Gasteiger partial charge in [0.25, 0.3) is 5.91 Å². The summed E-state index contributed by atoms with van der Waals surface area (Å²) in [6.45, 7) is 9.63. The smallest absolute Gasteiger partial charge is 0.256 e. The van der Waals surface area contributed by atoms with Crippen LogP contribution < -0.4 is 5.32 Å². The molecule has 3 atom stereocenters.